The third-order valence-electron chi connectivity index (χ3n) is 6.24. The molecule has 3 aromatic rings. The van der Waals surface area contributed by atoms with Gasteiger partial charge in [0.1, 0.15) is 11.6 Å². The van der Waals surface area contributed by atoms with Gasteiger partial charge in [-0.3, -0.25) is 9.59 Å². The molecule has 0 unspecified atom stereocenters. The van der Waals surface area contributed by atoms with Crippen molar-refractivity contribution in [1.82, 2.24) is 14.9 Å². The second-order valence-electron chi connectivity index (χ2n) is 8.51. The third-order valence-corrected chi connectivity index (χ3v) is 6.24. The number of nitrogens with zero attached hydrogens (tertiary/aromatic N) is 2. The van der Waals surface area contributed by atoms with Crippen molar-refractivity contribution in [3.8, 4) is 5.75 Å². The molecule has 0 saturated carbocycles. The van der Waals surface area contributed by atoms with Crippen LogP contribution in [0.4, 0.5) is 0 Å². The van der Waals surface area contributed by atoms with Crippen LogP contribution in [0.5, 0.6) is 5.75 Å². The molecule has 1 N–H and O–H groups in total. The average molecular weight is 434 g/mol. The molecule has 1 aliphatic heterocycles. The van der Waals surface area contributed by atoms with E-state index >= 15 is 0 Å². The Balaban J connectivity index is 1.32. The van der Waals surface area contributed by atoms with Crippen molar-refractivity contribution in [3.05, 3.63) is 69.8 Å². The topological polar surface area (TPSA) is 84.5 Å². The maximum Gasteiger partial charge on any atom is 0.261 e. The van der Waals surface area contributed by atoms with E-state index in [9.17, 15) is 9.59 Å². The fourth-order valence-electron chi connectivity index (χ4n) is 4.55. The zero-order valence-electron chi connectivity index (χ0n) is 18.0. The summed E-state index contributed by atoms with van der Waals surface area (Å²) in [4.78, 5) is 34.6. The summed E-state index contributed by atoms with van der Waals surface area (Å²) in [5, 5.41) is 0.535. The highest BCUT2D eigenvalue weighted by molar-refractivity contribution is 5.78. The first-order chi connectivity index (χ1) is 15.7. The minimum atomic E-state index is -0.204. The molecule has 2 heterocycles. The van der Waals surface area contributed by atoms with Gasteiger partial charge in [0, 0.05) is 13.2 Å². The number of aryl methyl sites for hydroxylation is 2. The Hall–Kier alpha value is -3.19. The van der Waals surface area contributed by atoms with E-state index in [4.69, 9.17) is 9.47 Å². The number of rotatable bonds is 7. The Morgan fingerprint density at radius 3 is 2.91 bits per heavy atom. The van der Waals surface area contributed by atoms with Gasteiger partial charge in [-0.25, -0.2) is 4.98 Å². The van der Waals surface area contributed by atoms with Crippen molar-refractivity contribution >= 4 is 16.8 Å². The lowest BCUT2D eigenvalue weighted by Crippen LogP contribution is -2.40. The summed E-state index contributed by atoms with van der Waals surface area (Å²) in [5.41, 5.74) is 3.09. The number of carbonyl (C=O) groups excluding carboxylic acids is 1. The van der Waals surface area contributed by atoms with Gasteiger partial charge in [0.25, 0.3) is 11.5 Å². The first-order valence-corrected chi connectivity index (χ1v) is 11.3. The molecule has 166 valence electrons. The number of aromatic amines is 1. The van der Waals surface area contributed by atoms with Crippen molar-refractivity contribution in [2.24, 2.45) is 0 Å². The molecular formula is C25H27N3O4. The normalized spacial score (nSPS) is 17.4. The average Bonchev–Trinajstić information content (AvgIpc) is 3.48. The molecule has 2 aliphatic rings. The fourth-order valence-corrected chi connectivity index (χ4v) is 4.55. The molecule has 0 radical (unpaired) electrons. The quantitative estimate of drug-likeness (QED) is 0.619. The van der Waals surface area contributed by atoms with Crippen LogP contribution in [0.1, 0.15) is 36.2 Å². The second-order valence-corrected chi connectivity index (χ2v) is 8.51. The molecule has 7 heteroatoms. The lowest BCUT2D eigenvalue weighted by atomic mass is 10.1. The smallest absolute Gasteiger partial charge is 0.261 e. The molecule has 0 bridgehead atoms. The predicted octanol–water partition coefficient (Wildman–Crippen LogP) is 3.00. The van der Waals surface area contributed by atoms with Crippen LogP contribution in [-0.2, 0) is 28.9 Å². The first kappa shape index (κ1) is 20.7. The molecule has 1 atom stereocenters. The van der Waals surface area contributed by atoms with Gasteiger partial charge in [-0.05, 0) is 67.5 Å². The fraction of sp³-hybridized carbons (Fsp3) is 0.400. The Morgan fingerprint density at radius 1 is 1.16 bits per heavy atom. The molecule has 2 aromatic carbocycles. The summed E-state index contributed by atoms with van der Waals surface area (Å²) >= 11 is 0. The lowest BCUT2D eigenvalue weighted by molar-refractivity contribution is -0.135. The largest absolute Gasteiger partial charge is 0.484 e. The van der Waals surface area contributed by atoms with E-state index < -0.39 is 0 Å². The van der Waals surface area contributed by atoms with E-state index in [1.165, 1.54) is 17.5 Å². The monoisotopic (exact) mass is 433 g/mol. The van der Waals surface area contributed by atoms with Gasteiger partial charge in [-0.2, -0.15) is 0 Å². The number of H-pyrrole nitrogens is 1. The van der Waals surface area contributed by atoms with E-state index in [0.29, 0.717) is 35.6 Å². The maximum absolute atomic E-state index is 13.1. The van der Waals surface area contributed by atoms with Crippen molar-refractivity contribution < 1.29 is 14.3 Å². The van der Waals surface area contributed by atoms with E-state index in [1.54, 1.807) is 17.0 Å². The van der Waals surface area contributed by atoms with Gasteiger partial charge in [0.15, 0.2) is 6.61 Å². The minimum absolute atomic E-state index is 0.00822. The molecule has 1 fully saturated rings. The number of ether oxygens (including phenoxy) is 2. The van der Waals surface area contributed by atoms with Crippen molar-refractivity contribution in [2.75, 3.05) is 19.8 Å². The minimum Gasteiger partial charge on any atom is -0.484 e. The number of hydrogen-bond acceptors (Lipinski definition) is 5. The summed E-state index contributed by atoms with van der Waals surface area (Å²) in [5.74, 6) is 1.02. The van der Waals surface area contributed by atoms with E-state index in [-0.39, 0.29) is 30.7 Å². The summed E-state index contributed by atoms with van der Waals surface area (Å²) in [7, 11) is 0. The van der Waals surface area contributed by atoms with Crippen LogP contribution in [-0.4, -0.2) is 46.6 Å². The van der Waals surface area contributed by atoms with Crippen molar-refractivity contribution in [2.45, 2.75) is 44.8 Å². The zero-order chi connectivity index (χ0) is 21.9. The number of benzene rings is 2. The molecule has 1 saturated heterocycles. The van der Waals surface area contributed by atoms with Gasteiger partial charge in [0.2, 0.25) is 0 Å². The van der Waals surface area contributed by atoms with Gasteiger partial charge >= 0.3 is 0 Å². The van der Waals surface area contributed by atoms with Crippen molar-refractivity contribution in [1.29, 1.82) is 0 Å². The highest BCUT2D eigenvalue weighted by atomic mass is 16.5. The van der Waals surface area contributed by atoms with Crippen LogP contribution in [0.3, 0.4) is 0 Å². The number of nitrogens with one attached hydrogen (secondary N) is 1. The zero-order valence-corrected chi connectivity index (χ0v) is 18.0. The van der Waals surface area contributed by atoms with Crippen molar-refractivity contribution in [3.63, 3.8) is 0 Å². The summed E-state index contributed by atoms with van der Waals surface area (Å²) in [6, 6.07) is 13.3. The molecule has 1 amide bonds. The third kappa shape index (κ3) is 4.53. The predicted molar refractivity (Wildman–Crippen MR) is 121 cm³/mol. The molecule has 7 nitrogen and oxygen atoms in total. The Labute approximate surface area is 186 Å². The van der Waals surface area contributed by atoms with Gasteiger partial charge in [0.05, 0.1) is 23.6 Å². The molecule has 0 spiro atoms. The number of hydrogen-bond donors (Lipinski definition) is 1. The van der Waals surface area contributed by atoms with Crippen LogP contribution in [0.15, 0.2) is 47.3 Å². The lowest BCUT2D eigenvalue weighted by Gasteiger charge is -2.25. The Bertz CT molecular complexity index is 1180. The number of carbonyl (C=O) groups is 1. The molecule has 1 aromatic heterocycles. The van der Waals surface area contributed by atoms with Crippen LogP contribution in [0, 0.1) is 0 Å². The Morgan fingerprint density at radius 2 is 2.03 bits per heavy atom. The summed E-state index contributed by atoms with van der Waals surface area (Å²) < 4.78 is 11.6. The van der Waals surface area contributed by atoms with Gasteiger partial charge < -0.3 is 19.4 Å². The molecule has 32 heavy (non-hydrogen) atoms. The summed E-state index contributed by atoms with van der Waals surface area (Å²) in [6.07, 6.45) is 5.24. The number of fused-ring (bicyclic) bond motifs is 2. The molecule has 1 aliphatic carbocycles. The van der Waals surface area contributed by atoms with Crippen LogP contribution in [0.2, 0.25) is 0 Å². The van der Waals surface area contributed by atoms with Crippen LogP contribution < -0.4 is 10.3 Å². The van der Waals surface area contributed by atoms with Crippen LogP contribution >= 0.6 is 0 Å². The maximum atomic E-state index is 13.1. The van der Waals surface area contributed by atoms with Gasteiger partial charge in [-0.1, -0.05) is 18.2 Å². The number of amides is 1. The number of para-hydroxylation sites is 1. The van der Waals surface area contributed by atoms with E-state index in [0.717, 1.165) is 25.7 Å². The SMILES string of the molecule is O=C(COc1ccc2c(c1)CCC2)N(Cc1nc2ccccc2c(=O)[nH]1)C[C@@H]1CCCO1. The second kappa shape index (κ2) is 9.12. The van der Waals surface area contributed by atoms with E-state index in [2.05, 4.69) is 16.0 Å². The molecule has 5 rings (SSSR count). The highest BCUT2D eigenvalue weighted by Crippen LogP contribution is 2.26. The van der Waals surface area contributed by atoms with E-state index in [1.807, 2.05) is 24.3 Å². The Kier molecular flexibility index (Phi) is 5.90. The van der Waals surface area contributed by atoms with Crippen LogP contribution in [0.25, 0.3) is 10.9 Å². The van der Waals surface area contributed by atoms with Gasteiger partial charge in [-0.15, -0.1) is 0 Å². The molecular weight excluding hydrogens is 406 g/mol. The highest BCUT2D eigenvalue weighted by Gasteiger charge is 2.24. The standard InChI is InChI=1S/C25H27N3O4/c29-24(16-32-19-11-10-17-5-3-6-18(17)13-19)28(14-20-7-4-12-31-20)15-23-26-22-9-2-1-8-21(22)25(30)27-23/h1-2,8-11,13,20H,3-7,12,14-16H2,(H,26,27,30)/t20-/m0/s1. The number of aromatic nitrogens is 2. The first-order valence-electron chi connectivity index (χ1n) is 11.3. The summed E-state index contributed by atoms with van der Waals surface area (Å²) in [6.45, 7) is 1.29.